The Bertz CT molecular complexity index is 946. The van der Waals surface area contributed by atoms with Gasteiger partial charge in [0.2, 0.25) is 0 Å². The highest BCUT2D eigenvalue weighted by atomic mass is 32.1. The van der Waals surface area contributed by atoms with E-state index >= 15 is 0 Å². The number of benzene rings is 2. The summed E-state index contributed by atoms with van der Waals surface area (Å²) in [6.45, 7) is 0. The van der Waals surface area contributed by atoms with E-state index < -0.39 is 5.97 Å². The van der Waals surface area contributed by atoms with Crippen LogP contribution in [-0.2, 0) is 16.0 Å². The highest BCUT2D eigenvalue weighted by Gasteiger charge is 2.21. The molecule has 0 saturated carbocycles. The Balaban J connectivity index is 2.04. The molecule has 0 bridgehead atoms. The molecule has 3 rings (SSSR count). The second kappa shape index (κ2) is 8.91. The van der Waals surface area contributed by atoms with Crippen molar-refractivity contribution in [1.82, 2.24) is 0 Å². The van der Waals surface area contributed by atoms with Crippen LogP contribution in [0.2, 0.25) is 0 Å². The van der Waals surface area contributed by atoms with E-state index in [4.69, 9.17) is 14.2 Å². The quantitative estimate of drug-likeness (QED) is 0.591. The molecule has 1 aromatic heterocycles. The summed E-state index contributed by atoms with van der Waals surface area (Å²) < 4.78 is 16.3. The van der Waals surface area contributed by atoms with Gasteiger partial charge in [-0.2, -0.15) is 0 Å². The van der Waals surface area contributed by atoms with Gasteiger partial charge in [0.05, 0.1) is 20.6 Å². The summed E-state index contributed by atoms with van der Waals surface area (Å²) in [5.74, 6) is 0.637. The minimum Gasteiger partial charge on any atom is -0.497 e. The van der Waals surface area contributed by atoms with Crippen LogP contribution in [0.4, 0.5) is 0 Å². The smallest absolute Gasteiger partial charge is 0.307 e. The Hall–Kier alpha value is -2.83. The van der Waals surface area contributed by atoms with Crippen LogP contribution in [0.1, 0.15) is 22.1 Å². The van der Waals surface area contributed by atoms with E-state index in [2.05, 4.69) is 0 Å². The molecule has 146 valence electrons. The van der Waals surface area contributed by atoms with Gasteiger partial charge in [0.15, 0.2) is 0 Å². The van der Waals surface area contributed by atoms with Crippen molar-refractivity contribution in [3.8, 4) is 21.9 Å². The van der Waals surface area contributed by atoms with Gasteiger partial charge < -0.3 is 19.3 Å². The van der Waals surface area contributed by atoms with Gasteiger partial charge in [-0.15, -0.1) is 11.3 Å². The number of aliphatic carboxylic acids is 1. The SMILES string of the molecule is COc1ccc(-c2sc(C(OC)c3cccc(OC)c3)cc2CC(=O)O)cc1. The topological polar surface area (TPSA) is 65.0 Å². The van der Waals surface area contributed by atoms with E-state index in [1.54, 1.807) is 21.3 Å². The summed E-state index contributed by atoms with van der Waals surface area (Å²) in [6, 6.07) is 17.2. The highest BCUT2D eigenvalue weighted by molar-refractivity contribution is 7.15. The van der Waals surface area contributed by atoms with Gasteiger partial charge in [0.1, 0.15) is 17.6 Å². The predicted octanol–water partition coefficient (Wildman–Crippen LogP) is 4.80. The van der Waals surface area contributed by atoms with Crippen LogP contribution in [0, 0.1) is 0 Å². The molecular formula is C22H22O5S. The summed E-state index contributed by atoms with van der Waals surface area (Å²) in [7, 11) is 4.89. The molecule has 5 nitrogen and oxygen atoms in total. The van der Waals surface area contributed by atoms with Crippen molar-refractivity contribution < 1.29 is 24.1 Å². The molecular weight excluding hydrogens is 376 g/mol. The van der Waals surface area contributed by atoms with Gasteiger partial charge in [0.25, 0.3) is 0 Å². The first-order valence-corrected chi connectivity index (χ1v) is 9.53. The van der Waals surface area contributed by atoms with Crippen molar-refractivity contribution in [2.75, 3.05) is 21.3 Å². The second-order valence-electron chi connectivity index (χ2n) is 6.19. The molecule has 28 heavy (non-hydrogen) atoms. The predicted molar refractivity (Wildman–Crippen MR) is 109 cm³/mol. The van der Waals surface area contributed by atoms with Gasteiger partial charge in [0, 0.05) is 16.9 Å². The van der Waals surface area contributed by atoms with E-state index in [9.17, 15) is 9.90 Å². The fraction of sp³-hybridized carbons (Fsp3) is 0.227. The zero-order valence-electron chi connectivity index (χ0n) is 16.0. The number of methoxy groups -OCH3 is 3. The summed E-state index contributed by atoms with van der Waals surface area (Å²) in [5.41, 5.74) is 2.67. The summed E-state index contributed by atoms with van der Waals surface area (Å²) in [4.78, 5) is 13.3. The fourth-order valence-electron chi connectivity index (χ4n) is 3.08. The van der Waals surface area contributed by atoms with E-state index in [0.29, 0.717) is 0 Å². The maximum absolute atomic E-state index is 11.4. The Kier molecular flexibility index (Phi) is 6.34. The third kappa shape index (κ3) is 4.35. The monoisotopic (exact) mass is 398 g/mol. The molecule has 0 aliphatic rings. The molecule has 0 saturated heterocycles. The van der Waals surface area contributed by atoms with Crippen LogP contribution in [0.15, 0.2) is 54.6 Å². The third-order valence-corrected chi connectivity index (χ3v) is 5.68. The highest BCUT2D eigenvalue weighted by Crippen LogP contribution is 2.40. The molecule has 0 spiro atoms. The van der Waals surface area contributed by atoms with Crippen molar-refractivity contribution in [3.05, 3.63) is 70.6 Å². The third-order valence-electron chi connectivity index (χ3n) is 4.41. The molecule has 6 heteroatoms. The van der Waals surface area contributed by atoms with Crippen LogP contribution in [-0.4, -0.2) is 32.4 Å². The van der Waals surface area contributed by atoms with Crippen molar-refractivity contribution in [3.63, 3.8) is 0 Å². The second-order valence-corrected chi connectivity index (χ2v) is 7.28. The lowest BCUT2D eigenvalue weighted by Crippen LogP contribution is -2.02. The van der Waals surface area contributed by atoms with Crippen LogP contribution >= 0.6 is 11.3 Å². The van der Waals surface area contributed by atoms with Crippen LogP contribution in [0.5, 0.6) is 11.5 Å². The van der Waals surface area contributed by atoms with E-state index in [0.717, 1.165) is 37.9 Å². The average molecular weight is 398 g/mol. The molecule has 2 aromatic carbocycles. The minimum absolute atomic E-state index is 0.0492. The van der Waals surface area contributed by atoms with Gasteiger partial charge in [-0.3, -0.25) is 4.79 Å². The van der Waals surface area contributed by atoms with E-state index in [1.165, 1.54) is 11.3 Å². The number of carboxylic acids is 1. The molecule has 0 fully saturated rings. The number of hydrogen-bond acceptors (Lipinski definition) is 5. The molecule has 3 aromatic rings. The Morgan fingerprint density at radius 1 is 1.00 bits per heavy atom. The zero-order chi connectivity index (χ0) is 20.1. The first-order chi connectivity index (χ1) is 13.5. The Labute approximate surface area is 168 Å². The maximum atomic E-state index is 11.4. The summed E-state index contributed by atoms with van der Waals surface area (Å²) in [6.07, 6.45) is -0.355. The van der Waals surface area contributed by atoms with Gasteiger partial charge in [-0.25, -0.2) is 0 Å². The minimum atomic E-state index is -0.866. The summed E-state index contributed by atoms with van der Waals surface area (Å²) >= 11 is 1.54. The number of thiophene rings is 1. The standard InChI is InChI=1S/C22H22O5S/c1-25-17-9-7-14(8-10-17)22-16(13-20(23)24)12-19(28-22)21(27-3)15-5-4-6-18(11-15)26-2/h4-12,21H,13H2,1-3H3,(H,23,24). The maximum Gasteiger partial charge on any atom is 0.307 e. The largest absolute Gasteiger partial charge is 0.497 e. The lowest BCUT2D eigenvalue weighted by atomic mass is 10.0. The normalized spacial score (nSPS) is 11.8. The molecule has 0 aliphatic carbocycles. The molecule has 1 atom stereocenters. The van der Waals surface area contributed by atoms with Crippen LogP contribution in [0.3, 0.4) is 0 Å². The lowest BCUT2D eigenvalue weighted by Gasteiger charge is -2.15. The fourth-order valence-corrected chi connectivity index (χ4v) is 4.37. The first-order valence-electron chi connectivity index (χ1n) is 8.71. The van der Waals surface area contributed by atoms with Gasteiger partial charge >= 0.3 is 5.97 Å². The lowest BCUT2D eigenvalue weighted by molar-refractivity contribution is -0.136. The number of hydrogen-bond donors (Lipinski definition) is 1. The Morgan fingerprint density at radius 2 is 1.71 bits per heavy atom. The van der Waals surface area contributed by atoms with Crippen LogP contribution in [0.25, 0.3) is 10.4 Å². The molecule has 1 heterocycles. The molecule has 0 radical (unpaired) electrons. The van der Waals surface area contributed by atoms with E-state index in [1.807, 2.05) is 54.6 Å². The van der Waals surface area contributed by atoms with Gasteiger partial charge in [-0.05, 0) is 59.2 Å². The summed E-state index contributed by atoms with van der Waals surface area (Å²) in [5, 5.41) is 9.35. The van der Waals surface area contributed by atoms with Gasteiger partial charge in [-0.1, -0.05) is 12.1 Å². The number of rotatable bonds is 8. The Morgan fingerprint density at radius 3 is 2.32 bits per heavy atom. The van der Waals surface area contributed by atoms with Crippen molar-refractivity contribution in [1.29, 1.82) is 0 Å². The average Bonchev–Trinajstić information content (AvgIpc) is 3.11. The molecule has 0 aliphatic heterocycles. The molecule has 0 amide bonds. The van der Waals surface area contributed by atoms with Crippen molar-refractivity contribution in [2.24, 2.45) is 0 Å². The number of ether oxygens (including phenoxy) is 3. The zero-order valence-corrected chi connectivity index (χ0v) is 16.8. The van der Waals surface area contributed by atoms with E-state index in [-0.39, 0.29) is 12.5 Å². The van der Waals surface area contributed by atoms with Crippen molar-refractivity contribution in [2.45, 2.75) is 12.5 Å². The number of carbonyl (C=O) groups is 1. The molecule has 1 N–H and O–H groups in total. The van der Waals surface area contributed by atoms with Crippen molar-refractivity contribution >= 4 is 17.3 Å². The van der Waals surface area contributed by atoms with Crippen LogP contribution < -0.4 is 9.47 Å². The number of carboxylic acid groups (broad SMARTS) is 1. The first kappa shape index (κ1) is 19.9. The molecule has 1 unspecified atom stereocenters.